The molecule has 3 aliphatic rings. The molecule has 2 saturated carbocycles. The summed E-state index contributed by atoms with van der Waals surface area (Å²) in [4.78, 5) is 31.6. The lowest BCUT2D eigenvalue weighted by atomic mass is 9.88. The maximum Gasteiger partial charge on any atom is 0.225 e. The van der Waals surface area contributed by atoms with Crippen molar-refractivity contribution in [2.24, 2.45) is 21.9 Å². The average Bonchev–Trinajstić information content (AvgIpc) is 3.10. The van der Waals surface area contributed by atoms with Crippen LogP contribution in [0.2, 0.25) is 0 Å². The zero-order valence-electron chi connectivity index (χ0n) is 27.1. The number of amides is 1. The number of hydrogen-bond acceptors (Lipinski definition) is 10. The molecule has 2 aliphatic carbocycles. The molecule has 0 bridgehead atoms. The lowest BCUT2D eigenvalue weighted by molar-refractivity contribution is -0.136. The molecule has 0 atom stereocenters. The monoisotopic (exact) mass is 618 g/mol. The minimum Gasteiger partial charge on any atom is -0.352 e. The number of anilines is 2. The van der Waals surface area contributed by atoms with E-state index in [1.807, 2.05) is 18.2 Å². The fourth-order valence-corrected chi connectivity index (χ4v) is 6.84. The van der Waals surface area contributed by atoms with Gasteiger partial charge in [-0.05, 0) is 70.3 Å². The molecule has 45 heavy (non-hydrogen) atoms. The first-order chi connectivity index (χ1) is 22.2. The molecule has 0 unspecified atom stereocenters. The second kappa shape index (κ2) is 18.0. The molecule has 1 aromatic heterocycles. The van der Waals surface area contributed by atoms with Crippen LogP contribution in [-0.2, 0) is 4.79 Å². The van der Waals surface area contributed by atoms with Crippen molar-refractivity contribution >= 4 is 40.5 Å². The zero-order chi connectivity index (χ0) is 31.1. The van der Waals surface area contributed by atoms with Gasteiger partial charge in [-0.25, -0.2) is 4.98 Å². The van der Waals surface area contributed by atoms with Crippen molar-refractivity contribution in [1.29, 1.82) is 0 Å². The smallest absolute Gasteiger partial charge is 0.225 e. The number of rotatable bonds is 15. The number of nitrogens with zero attached hydrogens (tertiary/aromatic N) is 6. The first kappa shape index (κ1) is 33.1. The Balaban J connectivity index is 1.05. The molecule has 1 amide bonds. The predicted molar refractivity (Wildman–Crippen MR) is 185 cm³/mol. The predicted octanol–water partition coefficient (Wildman–Crippen LogP) is 3.95. The lowest BCUT2D eigenvalue weighted by Crippen LogP contribution is -2.51. The van der Waals surface area contributed by atoms with E-state index in [4.69, 9.17) is 15.8 Å². The molecule has 0 spiro atoms. The van der Waals surface area contributed by atoms with Crippen LogP contribution in [0.25, 0.3) is 10.9 Å². The highest BCUT2D eigenvalue weighted by Gasteiger charge is 2.29. The van der Waals surface area contributed by atoms with Crippen LogP contribution in [0.4, 0.5) is 11.8 Å². The summed E-state index contributed by atoms with van der Waals surface area (Å²) in [6.45, 7) is 7.15. The van der Waals surface area contributed by atoms with Gasteiger partial charge in [0, 0.05) is 56.3 Å². The zero-order valence-corrected chi connectivity index (χ0v) is 27.1. The Morgan fingerprint density at radius 2 is 1.64 bits per heavy atom. The van der Waals surface area contributed by atoms with Gasteiger partial charge in [0.05, 0.1) is 17.8 Å². The third-order valence-corrected chi connectivity index (χ3v) is 9.47. The maximum absolute atomic E-state index is 13.1. The summed E-state index contributed by atoms with van der Waals surface area (Å²) in [5.74, 6) is 7.66. The Labute approximate surface area is 268 Å². The number of para-hydroxylation sites is 1. The summed E-state index contributed by atoms with van der Waals surface area (Å²) in [6, 6.07) is 8.82. The van der Waals surface area contributed by atoms with Crippen molar-refractivity contribution < 1.29 is 4.79 Å². The van der Waals surface area contributed by atoms with Gasteiger partial charge in [-0.1, -0.05) is 50.7 Å². The highest BCUT2D eigenvalue weighted by molar-refractivity contribution is 6.32. The number of fused-ring (bicyclic) bond motifs is 1. The van der Waals surface area contributed by atoms with Gasteiger partial charge >= 0.3 is 0 Å². The molecule has 1 saturated heterocycles. The first-order valence-corrected chi connectivity index (χ1v) is 17.5. The number of aromatic nitrogens is 2. The van der Waals surface area contributed by atoms with Crippen molar-refractivity contribution in [2.75, 3.05) is 69.1 Å². The summed E-state index contributed by atoms with van der Waals surface area (Å²) >= 11 is 0. The van der Waals surface area contributed by atoms with E-state index in [1.54, 1.807) is 6.21 Å². The fourth-order valence-electron chi connectivity index (χ4n) is 6.84. The van der Waals surface area contributed by atoms with Crippen LogP contribution in [0, 0.1) is 5.92 Å². The maximum atomic E-state index is 13.1. The minimum absolute atomic E-state index is 0.211. The third kappa shape index (κ3) is 10.1. The van der Waals surface area contributed by atoms with E-state index in [0.717, 1.165) is 101 Å². The van der Waals surface area contributed by atoms with E-state index >= 15 is 0 Å². The molecule has 5 N–H and O–H groups in total. The Morgan fingerprint density at radius 3 is 2.42 bits per heavy atom. The molecular weight excluding hydrogens is 564 g/mol. The highest BCUT2D eigenvalue weighted by Crippen LogP contribution is 2.29. The summed E-state index contributed by atoms with van der Waals surface area (Å²) in [7, 11) is 0. The molecule has 11 nitrogen and oxygen atoms in total. The van der Waals surface area contributed by atoms with E-state index in [-0.39, 0.29) is 5.92 Å². The quantitative estimate of drug-likeness (QED) is 0.102. The van der Waals surface area contributed by atoms with Gasteiger partial charge in [0.25, 0.3) is 0 Å². The fraction of sp³-hybridized carbons (Fsp3) is 0.676. The summed E-state index contributed by atoms with van der Waals surface area (Å²) in [5.41, 5.74) is 1.52. The molecule has 2 heterocycles. The van der Waals surface area contributed by atoms with E-state index in [1.165, 1.54) is 51.4 Å². The SMILES string of the molecule is NN=C(C=NCCCNCCCNC1CCCCC1)CNc1nc(N2CCN(C(=O)C3CCCCC3)CC2)c2ccccc2n1. The molecular formula is C34H54N10O. The largest absolute Gasteiger partial charge is 0.352 e. The van der Waals surface area contributed by atoms with Crippen LogP contribution in [0.3, 0.4) is 0 Å². The van der Waals surface area contributed by atoms with Gasteiger partial charge in [0.15, 0.2) is 0 Å². The van der Waals surface area contributed by atoms with E-state index < -0.39 is 0 Å². The minimum atomic E-state index is 0.211. The van der Waals surface area contributed by atoms with Crippen molar-refractivity contribution in [2.45, 2.75) is 83.1 Å². The number of nitrogens with two attached hydrogens (primary N) is 1. The number of piperazine rings is 1. The number of benzene rings is 1. The first-order valence-electron chi connectivity index (χ1n) is 17.5. The molecule has 5 rings (SSSR count). The highest BCUT2D eigenvalue weighted by atomic mass is 16.2. The Hall–Kier alpha value is -3.31. The van der Waals surface area contributed by atoms with Crippen molar-refractivity contribution in [1.82, 2.24) is 25.5 Å². The lowest BCUT2D eigenvalue weighted by Gasteiger charge is -2.38. The van der Waals surface area contributed by atoms with Crippen LogP contribution in [-0.4, -0.2) is 97.6 Å². The van der Waals surface area contributed by atoms with E-state index in [9.17, 15) is 4.79 Å². The van der Waals surface area contributed by atoms with Crippen LogP contribution in [0.5, 0.6) is 0 Å². The number of carbonyl (C=O) groups excluding carboxylic acids is 1. The summed E-state index contributed by atoms with van der Waals surface area (Å²) in [5, 5.41) is 15.5. The molecule has 11 heteroatoms. The molecule has 3 fully saturated rings. The number of hydrazone groups is 1. The Bertz CT molecular complexity index is 1250. The number of nitrogens with one attached hydrogen (secondary N) is 3. The topological polar surface area (TPSA) is 136 Å². The van der Waals surface area contributed by atoms with E-state index in [2.05, 4.69) is 41.9 Å². The molecule has 246 valence electrons. The molecule has 1 aromatic carbocycles. The molecule has 0 radical (unpaired) electrons. The van der Waals surface area contributed by atoms with Crippen LogP contribution in [0.1, 0.15) is 77.0 Å². The molecule has 2 aromatic rings. The second-order valence-electron chi connectivity index (χ2n) is 12.8. The van der Waals surface area contributed by atoms with Gasteiger partial charge in [-0.2, -0.15) is 10.1 Å². The average molecular weight is 619 g/mol. The van der Waals surface area contributed by atoms with Crippen molar-refractivity contribution in [3.63, 3.8) is 0 Å². The van der Waals surface area contributed by atoms with Gasteiger partial charge < -0.3 is 31.6 Å². The number of carbonyl (C=O) groups is 1. The van der Waals surface area contributed by atoms with Gasteiger partial charge in [0.1, 0.15) is 5.82 Å². The van der Waals surface area contributed by atoms with Crippen LogP contribution in [0.15, 0.2) is 34.4 Å². The van der Waals surface area contributed by atoms with Gasteiger partial charge in [-0.15, -0.1) is 0 Å². The normalized spacial score (nSPS) is 19.1. The standard InChI is InChI=1S/C34H54N10O/c35-42-29(25-37-19-9-17-36-18-10-20-38-28-13-5-2-6-14-28)26-39-34-40-31-16-8-7-15-30(31)32(41-34)43-21-23-44(24-22-43)33(45)27-11-3-1-4-12-27/h7-8,15-16,25,27-28,36,38H,1-6,9-14,17-24,26,35H2,(H,39,40,41). The van der Waals surface area contributed by atoms with E-state index in [0.29, 0.717) is 24.1 Å². The Morgan fingerprint density at radius 1 is 0.911 bits per heavy atom. The van der Waals surface area contributed by atoms with Gasteiger partial charge in [0.2, 0.25) is 11.9 Å². The summed E-state index contributed by atoms with van der Waals surface area (Å²) in [6.07, 6.45) is 16.4. The second-order valence-corrected chi connectivity index (χ2v) is 12.8. The van der Waals surface area contributed by atoms with Crippen molar-refractivity contribution in [3.8, 4) is 0 Å². The number of aliphatic imine (C=N–C) groups is 1. The van der Waals surface area contributed by atoms with Crippen molar-refractivity contribution in [3.05, 3.63) is 24.3 Å². The van der Waals surface area contributed by atoms with Crippen LogP contribution < -0.4 is 26.7 Å². The van der Waals surface area contributed by atoms with Gasteiger partial charge in [-0.3, -0.25) is 9.79 Å². The third-order valence-electron chi connectivity index (χ3n) is 9.47. The summed E-state index contributed by atoms with van der Waals surface area (Å²) < 4.78 is 0. The Kier molecular flexibility index (Phi) is 13.2. The van der Waals surface area contributed by atoms with Crippen LogP contribution >= 0.6 is 0 Å². The number of hydrogen-bond donors (Lipinski definition) is 4. The molecule has 1 aliphatic heterocycles.